The molecule has 2 aromatic carbocycles. The van der Waals surface area contributed by atoms with E-state index in [4.69, 9.17) is 9.47 Å². The molecule has 0 bridgehead atoms. The Hall–Kier alpha value is -2.54. The van der Waals surface area contributed by atoms with E-state index in [9.17, 15) is 18.0 Å². The number of nitrogens with zero attached hydrogens (tertiary/aromatic N) is 1. The maximum absolute atomic E-state index is 12.8. The van der Waals surface area contributed by atoms with Crippen LogP contribution < -0.4 is 4.74 Å². The Labute approximate surface area is 174 Å². The average molecular weight is 421 g/mol. The molecule has 1 fully saturated rings. The summed E-state index contributed by atoms with van der Waals surface area (Å²) in [4.78, 5) is 14.2. The summed E-state index contributed by atoms with van der Waals surface area (Å²) in [5.41, 5.74) is 0.226. The van der Waals surface area contributed by atoms with Crippen LogP contribution >= 0.6 is 0 Å². The molecule has 2 unspecified atom stereocenters. The maximum atomic E-state index is 12.8. The van der Waals surface area contributed by atoms with Gasteiger partial charge in [0.1, 0.15) is 17.9 Å². The van der Waals surface area contributed by atoms with Crippen LogP contribution in [0.2, 0.25) is 0 Å². The molecule has 1 aliphatic rings. The first-order valence-electron chi connectivity index (χ1n) is 10.1. The lowest BCUT2D eigenvalue weighted by molar-refractivity contribution is -0.148. The van der Waals surface area contributed by atoms with Gasteiger partial charge in [0, 0.05) is 13.0 Å². The number of hydrogen-bond donors (Lipinski definition) is 0. The first kappa shape index (κ1) is 22.2. The van der Waals surface area contributed by atoms with Crippen LogP contribution in [0.4, 0.5) is 13.2 Å². The number of esters is 1. The van der Waals surface area contributed by atoms with Gasteiger partial charge in [0.15, 0.2) is 0 Å². The number of rotatable bonds is 7. The number of hydrogen-bond acceptors (Lipinski definition) is 4. The molecule has 0 N–H and O–H groups in total. The van der Waals surface area contributed by atoms with E-state index in [2.05, 4.69) is 4.90 Å². The fourth-order valence-electron chi connectivity index (χ4n) is 3.79. The third-order valence-electron chi connectivity index (χ3n) is 5.40. The molecule has 3 rings (SSSR count). The van der Waals surface area contributed by atoms with Crippen molar-refractivity contribution in [2.45, 2.75) is 44.0 Å². The predicted molar refractivity (Wildman–Crippen MR) is 107 cm³/mol. The number of benzene rings is 2. The standard InChI is InChI=1S/C23H26F3NO3/c1-29-22(28)20-9-5-6-15-27(20)16-14-21(17-7-3-2-4-8-17)30-19-12-10-18(11-13-19)23(24,25)26/h2-4,7-8,10-13,20-21H,5-6,9,14-16H2,1H3. The molecular weight excluding hydrogens is 395 g/mol. The highest BCUT2D eigenvalue weighted by Crippen LogP contribution is 2.32. The molecular formula is C23H26F3NO3. The summed E-state index contributed by atoms with van der Waals surface area (Å²) in [6.07, 6.45) is -1.36. The molecule has 1 heterocycles. The summed E-state index contributed by atoms with van der Waals surface area (Å²) >= 11 is 0. The van der Waals surface area contributed by atoms with Crippen molar-refractivity contribution >= 4 is 5.97 Å². The quantitative estimate of drug-likeness (QED) is 0.573. The number of halogens is 3. The number of alkyl halides is 3. The zero-order valence-corrected chi connectivity index (χ0v) is 16.9. The fraction of sp³-hybridized carbons (Fsp3) is 0.435. The predicted octanol–water partition coefficient (Wildman–Crippen LogP) is 5.24. The molecule has 30 heavy (non-hydrogen) atoms. The number of piperidine rings is 1. The number of carbonyl (C=O) groups is 1. The van der Waals surface area contributed by atoms with E-state index in [-0.39, 0.29) is 18.1 Å². The molecule has 7 heteroatoms. The van der Waals surface area contributed by atoms with Crippen molar-refractivity contribution in [2.24, 2.45) is 0 Å². The van der Waals surface area contributed by atoms with Gasteiger partial charge in [-0.15, -0.1) is 0 Å². The summed E-state index contributed by atoms with van der Waals surface area (Å²) < 4.78 is 49.5. The van der Waals surface area contributed by atoms with Crippen LogP contribution in [-0.4, -0.2) is 37.1 Å². The van der Waals surface area contributed by atoms with Gasteiger partial charge >= 0.3 is 12.1 Å². The first-order chi connectivity index (χ1) is 14.4. The average Bonchev–Trinajstić information content (AvgIpc) is 2.76. The molecule has 1 saturated heterocycles. The normalized spacial score (nSPS) is 18.6. The lowest BCUT2D eigenvalue weighted by atomic mass is 10.0. The number of carbonyl (C=O) groups excluding carboxylic acids is 1. The van der Waals surface area contributed by atoms with E-state index in [0.29, 0.717) is 18.7 Å². The fourth-order valence-corrected chi connectivity index (χ4v) is 3.79. The highest BCUT2D eigenvalue weighted by Gasteiger charge is 2.31. The van der Waals surface area contributed by atoms with Crippen LogP contribution in [0.3, 0.4) is 0 Å². The number of likely N-dealkylation sites (tertiary alicyclic amines) is 1. The van der Waals surface area contributed by atoms with E-state index in [1.54, 1.807) is 0 Å². The van der Waals surface area contributed by atoms with Gasteiger partial charge < -0.3 is 9.47 Å². The van der Waals surface area contributed by atoms with E-state index in [1.165, 1.54) is 19.2 Å². The maximum Gasteiger partial charge on any atom is 0.416 e. The second kappa shape index (κ2) is 9.98. The SMILES string of the molecule is COC(=O)C1CCCCN1CCC(Oc1ccc(C(F)(F)F)cc1)c1ccccc1. The van der Waals surface area contributed by atoms with E-state index < -0.39 is 11.7 Å². The molecule has 0 radical (unpaired) electrons. The van der Waals surface area contributed by atoms with E-state index in [0.717, 1.165) is 43.5 Å². The van der Waals surface area contributed by atoms with Gasteiger partial charge in [-0.2, -0.15) is 13.2 Å². The van der Waals surface area contributed by atoms with Crippen LogP contribution in [0.25, 0.3) is 0 Å². The van der Waals surface area contributed by atoms with Gasteiger partial charge in [-0.25, -0.2) is 0 Å². The third-order valence-corrected chi connectivity index (χ3v) is 5.40. The van der Waals surface area contributed by atoms with Gasteiger partial charge in [-0.05, 0) is 49.2 Å². The van der Waals surface area contributed by atoms with Crippen molar-refractivity contribution in [3.63, 3.8) is 0 Å². The van der Waals surface area contributed by atoms with Crippen LogP contribution in [0.5, 0.6) is 5.75 Å². The summed E-state index contributed by atoms with van der Waals surface area (Å²) in [7, 11) is 1.40. The minimum atomic E-state index is -4.38. The topological polar surface area (TPSA) is 38.8 Å². The van der Waals surface area contributed by atoms with Crippen LogP contribution in [0, 0.1) is 0 Å². The lowest BCUT2D eigenvalue weighted by Gasteiger charge is -2.34. The Bertz CT molecular complexity index is 809. The molecule has 0 amide bonds. The van der Waals surface area contributed by atoms with Crippen LogP contribution in [0.1, 0.15) is 42.9 Å². The monoisotopic (exact) mass is 421 g/mol. The summed E-state index contributed by atoms with van der Waals surface area (Å²) in [5, 5.41) is 0. The summed E-state index contributed by atoms with van der Waals surface area (Å²) in [6.45, 7) is 1.43. The second-order valence-electron chi connectivity index (χ2n) is 7.40. The zero-order chi connectivity index (χ0) is 21.6. The second-order valence-corrected chi connectivity index (χ2v) is 7.40. The Morgan fingerprint density at radius 1 is 1.10 bits per heavy atom. The van der Waals surface area contributed by atoms with Crippen molar-refractivity contribution in [3.8, 4) is 5.75 Å². The van der Waals surface area contributed by atoms with Crippen molar-refractivity contribution in [2.75, 3.05) is 20.2 Å². The van der Waals surface area contributed by atoms with Crippen LogP contribution in [-0.2, 0) is 15.7 Å². The molecule has 162 valence electrons. The molecule has 0 aromatic heterocycles. The number of ether oxygens (including phenoxy) is 2. The minimum Gasteiger partial charge on any atom is -0.486 e. The van der Waals surface area contributed by atoms with Gasteiger partial charge in [0.05, 0.1) is 12.7 Å². The summed E-state index contributed by atoms with van der Waals surface area (Å²) in [6, 6.07) is 14.0. The van der Waals surface area contributed by atoms with Crippen molar-refractivity contribution in [3.05, 3.63) is 65.7 Å². The van der Waals surface area contributed by atoms with Crippen molar-refractivity contribution < 1.29 is 27.4 Å². The first-order valence-corrected chi connectivity index (χ1v) is 10.1. The van der Waals surface area contributed by atoms with Gasteiger partial charge in [-0.1, -0.05) is 36.8 Å². The molecule has 2 atom stereocenters. The smallest absolute Gasteiger partial charge is 0.416 e. The molecule has 2 aromatic rings. The van der Waals surface area contributed by atoms with Gasteiger partial charge in [-0.3, -0.25) is 9.69 Å². The number of methoxy groups -OCH3 is 1. The molecule has 1 aliphatic heterocycles. The van der Waals surface area contributed by atoms with Gasteiger partial charge in [0.2, 0.25) is 0 Å². The van der Waals surface area contributed by atoms with Crippen molar-refractivity contribution in [1.82, 2.24) is 4.90 Å². The Balaban J connectivity index is 1.72. The highest BCUT2D eigenvalue weighted by atomic mass is 19.4. The lowest BCUT2D eigenvalue weighted by Crippen LogP contribution is -2.46. The highest BCUT2D eigenvalue weighted by molar-refractivity contribution is 5.75. The van der Waals surface area contributed by atoms with E-state index in [1.807, 2.05) is 30.3 Å². The van der Waals surface area contributed by atoms with Gasteiger partial charge in [0.25, 0.3) is 0 Å². The zero-order valence-electron chi connectivity index (χ0n) is 16.9. The summed E-state index contributed by atoms with van der Waals surface area (Å²) in [5.74, 6) is 0.148. The Morgan fingerprint density at radius 3 is 2.43 bits per heavy atom. The van der Waals surface area contributed by atoms with Crippen LogP contribution in [0.15, 0.2) is 54.6 Å². The molecule has 4 nitrogen and oxygen atoms in total. The largest absolute Gasteiger partial charge is 0.486 e. The van der Waals surface area contributed by atoms with E-state index >= 15 is 0 Å². The molecule has 0 aliphatic carbocycles. The Morgan fingerprint density at radius 2 is 1.80 bits per heavy atom. The third kappa shape index (κ3) is 5.75. The molecule has 0 spiro atoms. The van der Waals surface area contributed by atoms with Crippen molar-refractivity contribution in [1.29, 1.82) is 0 Å². The molecule has 0 saturated carbocycles. The minimum absolute atomic E-state index is 0.227. The Kier molecular flexibility index (Phi) is 7.37.